The maximum atomic E-state index is 12.7. The summed E-state index contributed by atoms with van der Waals surface area (Å²) in [5.41, 5.74) is 1.07. The SMILES string of the molecule is Cc1ccc(S(=O)(=O)O[C@H]2[C@@H]3[C@@H]4C[C@@H]5[C@@H]3S[C@@H]3[C@@H]5[C@@H]4[C@@H]23)cc1. The minimum atomic E-state index is -3.62. The molecule has 1 aromatic carbocycles. The summed E-state index contributed by atoms with van der Waals surface area (Å²) in [6, 6.07) is 7.02. The van der Waals surface area contributed by atoms with Gasteiger partial charge in [-0.25, -0.2) is 0 Å². The summed E-state index contributed by atoms with van der Waals surface area (Å²) in [7, 11) is -3.62. The van der Waals surface area contributed by atoms with Gasteiger partial charge in [-0.2, -0.15) is 20.2 Å². The Morgan fingerprint density at radius 1 is 1.00 bits per heavy atom. The lowest BCUT2D eigenvalue weighted by atomic mass is 9.64. The van der Waals surface area contributed by atoms with Crippen LogP contribution in [-0.2, 0) is 14.3 Å². The van der Waals surface area contributed by atoms with Gasteiger partial charge in [0.2, 0.25) is 0 Å². The van der Waals surface area contributed by atoms with Crippen LogP contribution in [0.5, 0.6) is 0 Å². The van der Waals surface area contributed by atoms with Crippen molar-refractivity contribution in [2.75, 3.05) is 0 Å². The van der Waals surface area contributed by atoms with Crippen molar-refractivity contribution >= 4 is 21.9 Å². The molecule has 0 N–H and O–H groups in total. The average molecular weight is 334 g/mol. The molecule has 4 aliphatic carbocycles. The largest absolute Gasteiger partial charge is 0.297 e. The summed E-state index contributed by atoms with van der Waals surface area (Å²) in [6.07, 6.45) is 1.30. The van der Waals surface area contributed by atoms with Crippen LogP contribution in [0.25, 0.3) is 0 Å². The van der Waals surface area contributed by atoms with Crippen LogP contribution in [0, 0.1) is 42.4 Å². The molecule has 5 heteroatoms. The van der Waals surface area contributed by atoms with Crippen LogP contribution in [0.4, 0.5) is 0 Å². The van der Waals surface area contributed by atoms with Crippen LogP contribution in [0.15, 0.2) is 29.2 Å². The third kappa shape index (κ3) is 1.27. The maximum Gasteiger partial charge on any atom is 0.297 e. The third-order valence-corrected chi connectivity index (χ3v) is 10.3. The standard InChI is InChI=1S/C17H18O3S2/c1-7-2-4-8(5-3-7)22(18,19)20-15-13-9-6-10-12-11(9)14(15)17(12)21-16(10)13/h2-5,9-17H,6H2,1H3/t9-,10+,11-,12+,13+,14+,15+,16+,17-/m1/s1. The average Bonchev–Trinajstić information content (AvgIpc) is 2.98. The second-order valence-electron chi connectivity index (χ2n) is 7.77. The predicted molar refractivity (Wildman–Crippen MR) is 84.0 cm³/mol. The van der Waals surface area contributed by atoms with Crippen LogP contribution >= 0.6 is 11.8 Å². The van der Waals surface area contributed by atoms with Crippen LogP contribution in [0.1, 0.15) is 12.0 Å². The van der Waals surface area contributed by atoms with Gasteiger partial charge in [0.05, 0.1) is 11.0 Å². The van der Waals surface area contributed by atoms with E-state index in [0.29, 0.717) is 27.2 Å². The van der Waals surface area contributed by atoms with E-state index in [2.05, 4.69) is 11.8 Å². The Balaban J connectivity index is 1.35. The molecule has 5 fully saturated rings. The molecule has 3 nitrogen and oxygen atoms in total. The first kappa shape index (κ1) is 12.8. The number of thioether (sulfide) groups is 1. The zero-order valence-electron chi connectivity index (χ0n) is 12.3. The van der Waals surface area contributed by atoms with Crippen molar-refractivity contribution < 1.29 is 12.6 Å². The van der Waals surface area contributed by atoms with E-state index in [4.69, 9.17) is 4.18 Å². The Hall–Kier alpha value is -0.520. The van der Waals surface area contributed by atoms with Gasteiger partial charge in [0.1, 0.15) is 0 Å². The number of aryl methyl sites for hydroxylation is 1. The van der Waals surface area contributed by atoms with Gasteiger partial charge < -0.3 is 0 Å². The van der Waals surface area contributed by atoms with E-state index >= 15 is 0 Å². The minimum absolute atomic E-state index is 0.0405. The first-order valence-electron chi connectivity index (χ1n) is 8.22. The number of hydrogen-bond acceptors (Lipinski definition) is 4. The van der Waals surface area contributed by atoms with Crippen molar-refractivity contribution in [1.82, 2.24) is 0 Å². The van der Waals surface area contributed by atoms with Crippen molar-refractivity contribution in [3.05, 3.63) is 29.8 Å². The summed E-state index contributed by atoms with van der Waals surface area (Å²) in [6.45, 7) is 1.96. The molecule has 0 amide bonds. The maximum absolute atomic E-state index is 12.7. The highest BCUT2D eigenvalue weighted by molar-refractivity contribution is 8.01. The van der Waals surface area contributed by atoms with Gasteiger partial charge in [0.15, 0.2) is 0 Å². The first-order chi connectivity index (χ1) is 10.6. The number of benzene rings is 1. The fourth-order valence-corrected chi connectivity index (χ4v) is 10.1. The molecule has 5 aliphatic rings. The fourth-order valence-electron chi connectivity index (χ4n) is 6.51. The normalized spacial score (nSPS) is 52.5. The first-order valence-corrected chi connectivity index (χ1v) is 10.6. The Labute approximate surface area is 134 Å². The molecule has 0 unspecified atom stereocenters. The molecule has 1 saturated heterocycles. The molecule has 22 heavy (non-hydrogen) atoms. The summed E-state index contributed by atoms with van der Waals surface area (Å²) in [5.74, 6) is 4.33. The van der Waals surface area contributed by atoms with E-state index in [0.717, 1.165) is 29.2 Å². The van der Waals surface area contributed by atoms with Gasteiger partial charge in [-0.3, -0.25) is 4.18 Å². The zero-order chi connectivity index (χ0) is 14.8. The summed E-state index contributed by atoms with van der Waals surface area (Å²) in [5, 5.41) is 1.38. The van der Waals surface area contributed by atoms with Crippen molar-refractivity contribution in [3.63, 3.8) is 0 Å². The topological polar surface area (TPSA) is 43.4 Å². The summed E-state index contributed by atoms with van der Waals surface area (Å²) >= 11 is 2.16. The Morgan fingerprint density at radius 2 is 1.77 bits per heavy atom. The molecule has 4 saturated carbocycles. The number of hydrogen-bond donors (Lipinski definition) is 0. The zero-order valence-corrected chi connectivity index (χ0v) is 13.9. The highest BCUT2D eigenvalue weighted by Gasteiger charge is 2.82. The fraction of sp³-hybridized carbons (Fsp3) is 0.647. The van der Waals surface area contributed by atoms with E-state index in [1.807, 2.05) is 19.1 Å². The van der Waals surface area contributed by atoms with E-state index < -0.39 is 10.1 Å². The van der Waals surface area contributed by atoms with Crippen LogP contribution in [0.2, 0.25) is 0 Å². The lowest BCUT2D eigenvalue weighted by Gasteiger charge is -2.46. The van der Waals surface area contributed by atoms with Gasteiger partial charge in [-0.15, -0.1) is 0 Å². The van der Waals surface area contributed by atoms with Crippen molar-refractivity contribution in [3.8, 4) is 0 Å². The van der Waals surface area contributed by atoms with Gasteiger partial charge in [-0.05, 0) is 49.1 Å². The lowest BCUT2D eigenvalue weighted by molar-refractivity contribution is 0.0487. The molecule has 0 spiro atoms. The van der Waals surface area contributed by atoms with Gasteiger partial charge in [-0.1, -0.05) is 17.7 Å². The van der Waals surface area contributed by atoms with Crippen LogP contribution in [-0.4, -0.2) is 25.0 Å². The monoisotopic (exact) mass is 334 g/mol. The molecule has 0 aromatic heterocycles. The molecule has 9 atom stereocenters. The predicted octanol–water partition coefficient (Wildman–Crippen LogP) is 2.69. The van der Waals surface area contributed by atoms with Crippen LogP contribution < -0.4 is 0 Å². The third-order valence-electron chi connectivity index (χ3n) is 7.10. The quantitative estimate of drug-likeness (QED) is 0.797. The molecule has 1 heterocycles. The van der Waals surface area contributed by atoms with Crippen molar-refractivity contribution in [2.24, 2.45) is 35.5 Å². The number of rotatable bonds is 3. The Bertz CT molecular complexity index is 766. The van der Waals surface area contributed by atoms with E-state index in [1.54, 1.807) is 12.1 Å². The highest BCUT2D eigenvalue weighted by atomic mass is 32.2. The molecule has 1 aromatic rings. The molecule has 2 bridgehead atoms. The van der Waals surface area contributed by atoms with Gasteiger partial charge >= 0.3 is 0 Å². The molecule has 116 valence electrons. The molecular formula is C17H18O3S2. The van der Waals surface area contributed by atoms with Crippen LogP contribution in [0.3, 0.4) is 0 Å². The summed E-state index contributed by atoms with van der Waals surface area (Å²) in [4.78, 5) is 0.309. The highest BCUT2D eigenvalue weighted by Crippen LogP contribution is 2.82. The molecule has 0 radical (unpaired) electrons. The molecule has 6 rings (SSSR count). The molecule has 1 aliphatic heterocycles. The Kier molecular flexibility index (Phi) is 2.19. The van der Waals surface area contributed by atoms with Crippen molar-refractivity contribution in [1.29, 1.82) is 0 Å². The van der Waals surface area contributed by atoms with E-state index in [1.165, 1.54) is 6.42 Å². The lowest BCUT2D eigenvalue weighted by Crippen LogP contribution is -2.49. The second-order valence-corrected chi connectivity index (χ2v) is 10.7. The minimum Gasteiger partial charge on any atom is -0.262 e. The summed E-state index contributed by atoms with van der Waals surface area (Å²) < 4.78 is 31.2. The van der Waals surface area contributed by atoms with Gasteiger partial charge in [0, 0.05) is 22.3 Å². The van der Waals surface area contributed by atoms with Gasteiger partial charge in [0.25, 0.3) is 10.1 Å². The van der Waals surface area contributed by atoms with E-state index in [-0.39, 0.29) is 6.10 Å². The number of fused-ring (bicyclic) bond motifs is 2. The smallest absolute Gasteiger partial charge is 0.262 e. The van der Waals surface area contributed by atoms with Crippen molar-refractivity contribution in [2.45, 2.75) is 34.8 Å². The second kappa shape index (κ2) is 3.76. The van der Waals surface area contributed by atoms with E-state index in [9.17, 15) is 8.42 Å². The molecular weight excluding hydrogens is 316 g/mol. The Morgan fingerprint density at radius 3 is 2.55 bits per heavy atom.